The Kier molecular flexibility index (Phi) is 8.11. The van der Waals surface area contributed by atoms with Crippen molar-refractivity contribution in [3.05, 3.63) is 64.8 Å². The molecule has 0 saturated heterocycles. The van der Waals surface area contributed by atoms with Gasteiger partial charge in [0.2, 0.25) is 0 Å². The molecule has 0 spiro atoms. The van der Waals surface area contributed by atoms with Gasteiger partial charge in [-0.15, -0.1) is 0 Å². The minimum atomic E-state index is -0.228. The molecule has 4 rings (SSSR count). The number of carbonyl (C=O) groups excluding carboxylic acids is 1. The molecule has 6 nitrogen and oxygen atoms in total. The predicted octanol–water partition coefficient (Wildman–Crippen LogP) is 6.70. The summed E-state index contributed by atoms with van der Waals surface area (Å²) in [7, 11) is 0. The molecule has 2 heterocycles. The van der Waals surface area contributed by atoms with E-state index in [0.717, 1.165) is 66.0 Å². The van der Waals surface area contributed by atoms with E-state index < -0.39 is 0 Å². The van der Waals surface area contributed by atoms with E-state index in [0.29, 0.717) is 25.5 Å². The van der Waals surface area contributed by atoms with Gasteiger partial charge < -0.3 is 14.4 Å². The van der Waals surface area contributed by atoms with Crippen molar-refractivity contribution in [2.45, 2.75) is 65.8 Å². The average Bonchev–Trinajstić information content (AvgIpc) is 3.40. The minimum Gasteiger partial charge on any atom is -0.490 e. The summed E-state index contributed by atoms with van der Waals surface area (Å²) in [5.74, 6) is 1.47. The normalized spacial score (nSPS) is 14.9. The number of aromatic nitrogens is 2. The summed E-state index contributed by atoms with van der Waals surface area (Å²) in [6, 6.07) is 14.2. The van der Waals surface area contributed by atoms with Crippen LogP contribution in [-0.2, 0) is 0 Å². The SMILES string of the molecule is CCCCCN1C(=O)c2[nH]nc(-c3ccc(C)cc3)c2C1c1ccc(OCCCC)c(OCC)c1. The Hall–Kier alpha value is -3.28. The molecule has 0 saturated carbocycles. The smallest absolute Gasteiger partial charge is 0.273 e. The third kappa shape index (κ3) is 5.21. The van der Waals surface area contributed by atoms with Crippen molar-refractivity contribution in [2.75, 3.05) is 19.8 Å². The molecule has 6 heteroatoms. The van der Waals surface area contributed by atoms with Crippen LogP contribution < -0.4 is 9.47 Å². The van der Waals surface area contributed by atoms with Crippen LogP contribution in [0.5, 0.6) is 11.5 Å². The molecule has 3 aromatic rings. The topological polar surface area (TPSA) is 67.5 Å². The fraction of sp³-hybridized carbons (Fsp3) is 0.448. The van der Waals surface area contributed by atoms with Crippen LogP contribution in [0.4, 0.5) is 0 Å². The van der Waals surface area contributed by atoms with Crippen molar-refractivity contribution in [3.8, 4) is 22.8 Å². The van der Waals surface area contributed by atoms with Gasteiger partial charge in [0.25, 0.3) is 5.91 Å². The Balaban J connectivity index is 1.77. The van der Waals surface area contributed by atoms with E-state index in [1.807, 2.05) is 24.0 Å². The maximum absolute atomic E-state index is 13.5. The highest BCUT2D eigenvalue weighted by Crippen LogP contribution is 2.44. The molecule has 186 valence electrons. The Morgan fingerprint density at radius 3 is 2.43 bits per heavy atom. The number of hydrogen-bond acceptors (Lipinski definition) is 4. The number of H-pyrrole nitrogens is 1. The van der Waals surface area contributed by atoms with Gasteiger partial charge in [-0.1, -0.05) is 69.0 Å². The lowest BCUT2D eigenvalue weighted by molar-refractivity contribution is 0.0740. The zero-order chi connectivity index (χ0) is 24.8. The first-order valence-electron chi connectivity index (χ1n) is 12.9. The second-order valence-electron chi connectivity index (χ2n) is 9.18. The number of benzene rings is 2. The second-order valence-corrected chi connectivity index (χ2v) is 9.18. The molecule has 0 radical (unpaired) electrons. The van der Waals surface area contributed by atoms with Crippen LogP contribution in [0.2, 0.25) is 0 Å². The van der Waals surface area contributed by atoms with E-state index in [-0.39, 0.29) is 11.9 Å². The van der Waals surface area contributed by atoms with Gasteiger partial charge in [0.15, 0.2) is 11.5 Å². The molecule has 0 fully saturated rings. The predicted molar refractivity (Wildman–Crippen MR) is 139 cm³/mol. The van der Waals surface area contributed by atoms with Gasteiger partial charge in [0, 0.05) is 17.7 Å². The summed E-state index contributed by atoms with van der Waals surface area (Å²) in [4.78, 5) is 15.5. The number of amides is 1. The first-order chi connectivity index (χ1) is 17.1. The average molecular weight is 476 g/mol. The Labute approximate surface area is 208 Å². The van der Waals surface area contributed by atoms with E-state index in [9.17, 15) is 4.79 Å². The quantitative estimate of drug-likeness (QED) is 0.296. The molecule has 2 aromatic carbocycles. The van der Waals surface area contributed by atoms with Crippen molar-refractivity contribution < 1.29 is 14.3 Å². The zero-order valence-corrected chi connectivity index (χ0v) is 21.4. The largest absolute Gasteiger partial charge is 0.490 e. The highest BCUT2D eigenvalue weighted by atomic mass is 16.5. The van der Waals surface area contributed by atoms with Crippen LogP contribution in [0.15, 0.2) is 42.5 Å². The van der Waals surface area contributed by atoms with Crippen LogP contribution in [0.25, 0.3) is 11.3 Å². The van der Waals surface area contributed by atoms with Gasteiger partial charge in [-0.2, -0.15) is 5.10 Å². The summed E-state index contributed by atoms with van der Waals surface area (Å²) in [5, 5.41) is 7.65. The lowest BCUT2D eigenvalue weighted by Gasteiger charge is -2.27. The number of fused-ring (bicyclic) bond motifs is 1. The van der Waals surface area contributed by atoms with Crippen LogP contribution in [0.1, 0.15) is 86.1 Å². The third-order valence-corrected chi connectivity index (χ3v) is 6.53. The maximum atomic E-state index is 13.5. The molecule has 0 aliphatic carbocycles. The van der Waals surface area contributed by atoms with Gasteiger partial charge in [0.05, 0.1) is 24.9 Å². The fourth-order valence-electron chi connectivity index (χ4n) is 4.65. The van der Waals surface area contributed by atoms with Gasteiger partial charge in [0.1, 0.15) is 5.69 Å². The number of nitrogens with zero attached hydrogens (tertiary/aromatic N) is 2. The fourth-order valence-corrected chi connectivity index (χ4v) is 4.65. The van der Waals surface area contributed by atoms with Gasteiger partial charge in [-0.05, 0) is 44.4 Å². The van der Waals surface area contributed by atoms with Crippen LogP contribution >= 0.6 is 0 Å². The number of hydrogen-bond donors (Lipinski definition) is 1. The van der Waals surface area contributed by atoms with Crippen molar-refractivity contribution in [2.24, 2.45) is 0 Å². The van der Waals surface area contributed by atoms with Crippen LogP contribution in [0, 0.1) is 6.92 Å². The van der Waals surface area contributed by atoms with E-state index in [1.54, 1.807) is 0 Å². The van der Waals surface area contributed by atoms with E-state index in [2.05, 4.69) is 61.3 Å². The van der Waals surface area contributed by atoms with Crippen LogP contribution in [0.3, 0.4) is 0 Å². The van der Waals surface area contributed by atoms with Gasteiger partial charge in [-0.3, -0.25) is 9.89 Å². The van der Waals surface area contributed by atoms with Gasteiger partial charge >= 0.3 is 0 Å². The van der Waals surface area contributed by atoms with E-state index in [4.69, 9.17) is 9.47 Å². The molecule has 1 unspecified atom stereocenters. The molecule has 1 aliphatic rings. The number of aryl methyl sites for hydroxylation is 1. The summed E-state index contributed by atoms with van der Waals surface area (Å²) < 4.78 is 12.0. The molecule has 35 heavy (non-hydrogen) atoms. The van der Waals surface area contributed by atoms with Crippen molar-refractivity contribution in [3.63, 3.8) is 0 Å². The van der Waals surface area contributed by atoms with Crippen molar-refractivity contribution >= 4 is 5.91 Å². The summed E-state index contributed by atoms with van der Waals surface area (Å²) in [6.45, 7) is 10.3. The number of nitrogens with one attached hydrogen (secondary N) is 1. The van der Waals surface area contributed by atoms with Crippen LogP contribution in [-0.4, -0.2) is 40.8 Å². The molecular weight excluding hydrogens is 438 g/mol. The maximum Gasteiger partial charge on any atom is 0.273 e. The zero-order valence-electron chi connectivity index (χ0n) is 21.4. The van der Waals surface area contributed by atoms with E-state index >= 15 is 0 Å². The highest BCUT2D eigenvalue weighted by molar-refractivity contribution is 6.00. The number of ether oxygens (including phenoxy) is 2. The second kappa shape index (κ2) is 11.4. The van der Waals surface area contributed by atoms with Crippen molar-refractivity contribution in [1.82, 2.24) is 15.1 Å². The number of aromatic amines is 1. The summed E-state index contributed by atoms with van der Waals surface area (Å²) >= 11 is 0. The molecular formula is C29H37N3O3. The molecule has 1 atom stereocenters. The first-order valence-corrected chi connectivity index (χ1v) is 12.9. The van der Waals surface area contributed by atoms with Gasteiger partial charge in [-0.25, -0.2) is 0 Å². The monoisotopic (exact) mass is 475 g/mol. The molecule has 1 aromatic heterocycles. The third-order valence-electron chi connectivity index (χ3n) is 6.53. The first kappa shape index (κ1) is 24.8. The molecule has 1 N–H and O–H groups in total. The standard InChI is InChI=1S/C29H37N3O3/c1-5-8-10-17-32-28(22-15-16-23(35-18-9-6-2)24(19-22)34-7-3)25-26(30-31-27(25)29(32)33)21-13-11-20(4)12-14-21/h11-16,19,28H,5-10,17-18H2,1-4H3,(H,30,31). The van der Waals surface area contributed by atoms with E-state index in [1.165, 1.54) is 5.56 Å². The summed E-state index contributed by atoms with van der Waals surface area (Å²) in [6.07, 6.45) is 5.22. The molecule has 1 amide bonds. The molecule has 0 bridgehead atoms. The number of rotatable bonds is 12. The highest BCUT2D eigenvalue weighted by Gasteiger charge is 2.42. The minimum absolute atomic E-state index is 0.00759. The Morgan fingerprint density at radius 2 is 1.71 bits per heavy atom. The number of carbonyl (C=O) groups is 1. The number of unbranched alkanes of at least 4 members (excludes halogenated alkanes) is 3. The lowest BCUT2D eigenvalue weighted by Crippen LogP contribution is -2.30. The molecule has 1 aliphatic heterocycles. The Bertz CT molecular complexity index is 1140. The van der Waals surface area contributed by atoms with Crippen molar-refractivity contribution in [1.29, 1.82) is 0 Å². The summed E-state index contributed by atoms with van der Waals surface area (Å²) in [5.41, 5.74) is 5.56. The Morgan fingerprint density at radius 1 is 0.943 bits per heavy atom. The lowest BCUT2D eigenvalue weighted by atomic mass is 9.95.